The number of fused-ring (bicyclic) bond motifs is 1. The van der Waals surface area contributed by atoms with Crippen LogP contribution in [0.3, 0.4) is 0 Å². The van der Waals surface area contributed by atoms with E-state index in [1.54, 1.807) is 0 Å². The van der Waals surface area contributed by atoms with Crippen molar-refractivity contribution >= 4 is 0 Å². The fraction of sp³-hybridized carbons (Fsp3) is 0.379. The molecule has 35 heavy (non-hydrogen) atoms. The summed E-state index contributed by atoms with van der Waals surface area (Å²) in [6, 6.07) is 30.3. The Hall–Kier alpha value is -2.58. The average molecular weight is 477 g/mol. The molecule has 5 rings (SSSR count). The van der Waals surface area contributed by atoms with Gasteiger partial charge in [0.1, 0.15) is 30.0 Å². The molecule has 2 aliphatic rings. The zero-order valence-electron chi connectivity index (χ0n) is 20.0. The molecule has 2 heterocycles. The second-order valence-corrected chi connectivity index (χ2v) is 9.00. The van der Waals surface area contributed by atoms with Crippen LogP contribution in [0.4, 0.5) is 0 Å². The maximum atomic E-state index is 11.4. The van der Waals surface area contributed by atoms with Crippen molar-refractivity contribution in [2.45, 2.75) is 56.4 Å². The molecule has 0 saturated carbocycles. The van der Waals surface area contributed by atoms with Crippen molar-refractivity contribution in [2.75, 3.05) is 13.2 Å². The Morgan fingerprint density at radius 3 is 1.80 bits per heavy atom. The third-order valence-corrected chi connectivity index (χ3v) is 6.64. The van der Waals surface area contributed by atoms with Gasteiger partial charge in [0.2, 0.25) is 0 Å². The Bertz CT molecular complexity index is 964. The molecule has 0 spiro atoms. The van der Waals surface area contributed by atoms with Crippen molar-refractivity contribution < 1.29 is 28.8 Å². The highest BCUT2D eigenvalue weighted by atomic mass is 16.8. The van der Waals surface area contributed by atoms with Gasteiger partial charge in [-0.25, -0.2) is 0 Å². The van der Waals surface area contributed by atoms with Crippen molar-refractivity contribution in [3.05, 3.63) is 108 Å². The number of rotatable bonds is 7. The summed E-state index contributed by atoms with van der Waals surface area (Å²) < 4.78 is 30.2. The molecule has 6 heteroatoms. The van der Waals surface area contributed by atoms with E-state index >= 15 is 0 Å². The van der Waals surface area contributed by atoms with Gasteiger partial charge in [-0.2, -0.15) is 0 Å². The number of aliphatic hydroxyl groups excluding tert-OH is 1. The highest BCUT2D eigenvalue weighted by molar-refractivity contribution is 5.47. The van der Waals surface area contributed by atoms with Crippen molar-refractivity contribution in [1.29, 1.82) is 0 Å². The van der Waals surface area contributed by atoms with Gasteiger partial charge in [0.05, 0.1) is 13.2 Å². The zero-order chi connectivity index (χ0) is 24.3. The first-order valence-electron chi connectivity index (χ1n) is 12.1. The van der Waals surface area contributed by atoms with Gasteiger partial charge < -0.3 is 28.8 Å². The fourth-order valence-electron chi connectivity index (χ4n) is 5.04. The number of aliphatic hydroxyl groups is 1. The molecule has 2 saturated heterocycles. The van der Waals surface area contributed by atoms with Crippen LogP contribution in [0.2, 0.25) is 0 Å². The lowest BCUT2D eigenvalue weighted by atomic mass is 9.80. The topological polar surface area (TPSA) is 66.4 Å². The average Bonchev–Trinajstić information content (AvgIpc) is 2.90. The molecule has 1 N–H and O–H groups in total. The van der Waals surface area contributed by atoms with Crippen molar-refractivity contribution in [2.24, 2.45) is 0 Å². The van der Waals surface area contributed by atoms with E-state index < -0.39 is 36.5 Å². The van der Waals surface area contributed by atoms with E-state index in [0.29, 0.717) is 6.61 Å². The summed E-state index contributed by atoms with van der Waals surface area (Å²) in [4.78, 5) is 0. The SMILES string of the molecule is C[C@@H]1OC[C@@H]2O[C@@H](C)O[C@@H]([C@H](O)COC(c3ccccc3)(c3ccccc3)c3ccccc3)[C@@H]2O1. The second-order valence-electron chi connectivity index (χ2n) is 9.00. The van der Waals surface area contributed by atoms with Gasteiger partial charge in [0.25, 0.3) is 0 Å². The maximum Gasteiger partial charge on any atom is 0.156 e. The summed E-state index contributed by atoms with van der Waals surface area (Å²) in [5.41, 5.74) is 1.99. The maximum absolute atomic E-state index is 11.4. The third-order valence-electron chi connectivity index (χ3n) is 6.64. The summed E-state index contributed by atoms with van der Waals surface area (Å²) >= 11 is 0. The molecule has 3 aromatic carbocycles. The van der Waals surface area contributed by atoms with Gasteiger partial charge in [0.15, 0.2) is 12.6 Å². The minimum atomic E-state index is -0.949. The molecule has 0 amide bonds. The highest BCUT2D eigenvalue weighted by Gasteiger charge is 2.47. The smallest absolute Gasteiger partial charge is 0.156 e. The van der Waals surface area contributed by atoms with Gasteiger partial charge in [-0.1, -0.05) is 91.0 Å². The van der Waals surface area contributed by atoms with Crippen LogP contribution in [0.25, 0.3) is 0 Å². The van der Waals surface area contributed by atoms with Gasteiger partial charge >= 0.3 is 0 Å². The van der Waals surface area contributed by atoms with Crippen molar-refractivity contribution in [3.8, 4) is 0 Å². The number of hydrogen-bond acceptors (Lipinski definition) is 6. The molecule has 2 fully saturated rings. The van der Waals surface area contributed by atoms with Crippen molar-refractivity contribution in [1.82, 2.24) is 0 Å². The molecule has 184 valence electrons. The molecule has 6 nitrogen and oxygen atoms in total. The Morgan fingerprint density at radius 1 is 0.771 bits per heavy atom. The van der Waals surface area contributed by atoms with Crippen molar-refractivity contribution in [3.63, 3.8) is 0 Å². The number of ether oxygens (including phenoxy) is 5. The molecular weight excluding hydrogens is 444 g/mol. The first-order valence-corrected chi connectivity index (χ1v) is 12.1. The summed E-state index contributed by atoms with van der Waals surface area (Å²) in [5.74, 6) is 0. The van der Waals surface area contributed by atoms with Gasteiger partial charge in [-0.3, -0.25) is 0 Å². The quantitative estimate of drug-likeness (QED) is 0.515. The third kappa shape index (κ3) is 4.91. The van der Waals surface area contributed by atoms with Crippen LogP contribution in [0.1, 0.15) is 30.5 Å². The summed E-state index contributed by atoms with van der Waals surface area (Å²) in [5, 5.41) is 11.4. The highest BCUT2D eigenvalue weighted by Crippen LogP contribution is 2.41. The minimum absolute atomic E-state index is 0.0257. The van der Waals surface area contributed by atoms with E-state index in [-0.39, 0.29) is 12.7 Å². The van der Waals surface area contributed by atoms with Gasteiger partial charge in [-0.15, -0.1) is 0 Å². The molecule has 0 unspecified atom stereocenters. The predicted molar refractivity (Wildman–Crippen MR) is 131 cm³/mol. The normalized spacial score (nSPS) is 27.7. The number of benzene rings is 3. The summed E-state index contributed by atoms with van der Waals surface area (Å²) in [6.45, 7) is 4.07. The van der Waals surface area contributed by atoms with E-state index in [9.17, 15) is 5.11 Å². The van der Waals surface area contributed by atoms with E-state index in [1.165, 1.54) is 0 Å². The lowest BCUT2D eigenvalue weighted by Gasteiger charge is -2.46. The molecule has 0 aromatic heterocycles. The molecule has 0 bridgehead atoms. The predicted octanol–water partition coefficient (Wildman–Crippen LogP) is 4.25. The zero-order valence-corrected chi connectivity index (χ0v) is 20.0. The van der Waals surface area contributed by atoms with Gasteiger partial charge in [0, 0.05) is 0 Å². The molecular formula is C29H32O6. The fourth-order valence-corrected chi connectivity index (χ4v) is 5.04. The first-order chi connectivity index (χ1) is 17.1. The summed E-state index contributed by atoms with van der Waals surface area (Å²) in [6.07, 6.45) is -3.21. The van der Waals surface area contributed by atoms with E-state index in [2.05, 4.69) is 36.4 Å². The van der Waals surface area contributed by atoms with Crippen LogP contribution in [0.15, 0.2) is 91.0 Å². The Kier molecular flexibility index (Phi) is 7.29. The van der Waals surface area contributed by atoms with Crippen LogP contribution in [-0.4, -0.2) is 55.3 Å². The van der Waals surface area contributed by atoms with E-state index in [0.717, 1.165) is 16.7 Å². The monoisotopic (exact) mass is 476 g/mol. The lowest BCUT2D eigenvalue weighted by molar-refractivity contribution is -0.362. The first kappa shape index (κ1) is 24.1. The van der Waals surface area contributed by atoms with Crippen LogP contribution < -0.4 is 0 Å². The second kappa shape index (κ2) is 10.6. The van der Waals surface area contributed by atoms with Crippen LogP contribution >= 0.6 is 0 Å². The Labute approximate surface area is 206 Å². The standard InChI is InChI=1S/C29H32O6/c1-20-31-19-26-28(34-20)27(35-21(2)33-26)25(30)18-32-29(22-12-6-3-7-13-22,23-14-8-4-9-15-23)24-16-10-5-11-17-24/h3-17,20-21,25-28,30H,18-19H2,1-2H3/t20-,21-,25-,26+,27+,28-/m1/s1. The lowest BCUT2D eigenvalue weighted by Crippen LogP contribution is -2.60. The molecule has 0 radical (unpaired) electrons. The van der Waals surface area contributed by atoms with Gasteiger partial charge in [-0.05, 0) is 30.5 Å². The molecule has 2 aliphatic heterocycles. The van der Waals surface area contributed by atoms with E-state index in [1.807, 2.05) is 68.4 Å². The Morgan fingerprint density at radius 2 is 1.29 bits per heavy atom. The minimum Gasteiger partial charge on any atom is -0.388 e. The van der Waals surface area contributed by atoms with Crippen LogP contribution in [0.5, 0.6) is 0 Å². The van der Waals surface area contributed by atoms with E-state index in [4.69, 9.17) is 23.7 Å². The van der Waals surface area contributed by atoms with Crippen LogP contribution in [-0.2, 0) is 29.3 Å². The summed E-state index contributed by atoms with van der Waals surface area (Å²) in [7, 11) is 0. The molecule has 6 atom stereocenters. The molecule has 0 aliphatic carbocycles. The number of hydrogen-bond donors (Lipinski definition) is 1. The van der Waals surface area contributed by atoms with Crippen LogP contribution in [0, 0.1) is 0 Å². The largest absolute Gasteiger partial charge is 0.388 e. The Balaban J connectivity index is 1.50. The molecule has 3 aromatic rings.